The Hall–Kier alpha value is -1.42. The Morgan fingerprint density at radius 1 is 1.10 bits per heavy atom. The summed E-state index contributed by atoms with van der Waals surface area (Å²) in [6, 6.07) is 14.1. The Bertz CT molecular complexity index is 616. The first-order chi connectivity index (χ1) is 10.1. The predicted octanol–water partition coefficient (Wildman–Crippen LogP) is 4.01. The highest BCUT2D eigenvalue weighted by Gasteiger charge is 2.31. The maximum absolute atomic E-state index is 13.8. The van der Waals surface area contributed by atoms with Crippen LogP contribution in [0.1, 0.15) is 36.1 Å². The highest BCUT2D eigenvalue weighted by atomic mass is 35.5. The summed E-state index contributed by atoms with van der Waals surface area (Å²) in [5.41, 5.74) is 1.49. The van der Waals surface area contributed by atoms with E-state index in [1.807, 2.05) is 24.3 Å². The number of benzene rings is 2. The Balaban J connectivity index is 1.72. The van der Waals surface area contributed by atoms with Crippen molar-refractivity contribution in [1.29, 1.82) is 0 Å². The smallest absolute Gasteiger partial charge is 0.129 e. The molecular formula is C17H17ClFNO. The molecule has 4 heteroatoms. The Labute approximate surface area is 128 Å². The van der Waals surface area contributed by atoms with Crippen LogP contribution in [0, 0.1) is 5.82 Å². The minimum absolute atomic E-state index is 0.137. The van der Waals surface area contributed by atoms with Gasteiger partial charge in [0.1, 0.15) is 5.82 Å². The topological polar surface area (TPSA) is 32.3 Å². The third-order valence-electron chi connectivity index (χ3n) is 4.06. The van der Waals surface area contributed by atoms with Crippen molar-refractivity contribution >= 4 is 11.6 Å². The lowest BCUT2D eigenvalue weighted by Crippen LogP contribution is -2.30. The fourth-order valence-electron chi connectivity index (χ4n) is 2.91. The van der Waals surface area contributed by atoms with Gasteiger partial charge < -0.3 is 10.4 Å². The van der Waals surface area contributed by atoms with Crippen LogP contribution in [0.3, 0.4) is 0 Å². The summed E-state index contributed by atoms with van der Waals surface area (Å²) in [5.74, 6) is -0.359. The molecule has 0 unspecified atom stereocenters. The van der Waals surface area contributed by atoms with E-state index in [1.54, 1.807) is 18.2 Å². The van der Waals surface area contributed by atoms with Gasteiger partial charge in [-0.2, -0.15) is 0 Å². The molecule has 0 saturated carbocycles. The molecule has 0 spiro atoms. The minimum atomic E-state index is -0.830. The summed E-state index contributed by atoms with van der Waals surface area (Å²) < 4.78 is 13.8. The summed E-state index contributed by atoms with van der Waals surface area (Å²) in [7, 11) is 0. The third-order valence-corrected chi connectivity index (χ3v) is 4.31. The molecule has 3 atom stereocenters. The van der Waals surface area contributed by atoms with Gasteiger partial charge in [-0.15, -0.1) is 0 Å². The van der Waals surface area contributed by atoms with E-state index in [1.165, 1.54) is 6.07 Å². The van der Waals surface area contributed by atoms with E-state index < -0.39 is 6.10 Å². The third kappa shape index (κ3) is 3.10. The molecule has 0 aromatic heterocycles. The lowest BCUT2D eigenvalue weighted by Gasteiger charge is -2.21. The van der Waals surface area contributed by atoms with Gasteiger partial charge >= 0.3 is 0 Å². The van der Waals surface area contributed by atoms with Gasteiger partial charge in [0.15, 0.2) is 0 Å². The zero-order chi connectivity index (χ0) is 14.8. The second-order valence-electron chi connectivity index (χ2n) is 5.42. The molecule has 1 aliphatic rings. The first-order valence-electron chi connectivity index (χ1n) is 7.09. The molecule has 21 heavy (non-hydrogen) atoms. The van der Waals surface area contributed by atoms with Crippen LogP contribution in [0.25, 0.3) is 0 Å². The van der Waals surface area contributed by atoms with Gasteiger partial charge in [-0.1, -0.05) is 41.9 Å². The lowest BCUT2D eigenvalue weighted by molar-refractivity contribution is 0.131. The number of rotatable bonds is 3. The van der Waals surface area contributed by atoms with Gasteiger partial charge in [-0.3, -0.25) is 0 Å². The van der Waals surface area contributed by atoms with Gasteiger partial charge in [-0.25, -0.2) is 4.39 Å². The first-order valence-corrected chi connectivity index (χ1v) is 7.47. The van der Waals surface area contributed by atoms with Gasteiger partial charge in [0.25, 0.3) is 0 Å². The van der Waals surface area contributed by atoms with Crippen molar-refractivity contribution in [2.45, 2.75) is 31.0 Å². The van der Waals surface area contributed by atoms with Crippen molar-refractivity contribution < 1.29 is 9.50 Å². The van der Waals surface area contributed by atoms with Crippen LogP contribution in [-0.2, 0) is 0 Å². The second-order valence-corrected chi connectivity index (χ2v) is 5.86. The van der Waals surface area contributed by atoms with Gasteiger partial charge in [0.2, 0.25) is 0 Å². The van der Waals surface area contributed by atoms with Crippen molar-refractivity contribution in [3.05, 3.63) is 70.5 Å². The van der Waals surface area contributed by atoms with Crippen molar-refractivity contribution in [1.82, 2.24) is 5.32 Å². The molecule has 1 heterocycles. The number of aliphatic hydroxyl groups is 1. The summed E-state index contributed by atoms with van der Waals surface area (Å²) >= 11 is 5.89. The van der Waals surface area contributed by atoms with E-state index in [0.29, 0.717) is 10.6 Å². The van der Waals surface area contributed by atoms with Crippen molar-refractivity contribution in [3.8, 4) is 0 Å². The van der Waals surface area contributed by atoms with Crippen LogP contribution in [0.5, 0.6) is 0 Å². The number of nitrogens with one attached hydrogen (secondary N) is 1. The molecule has 0 radical (unpaired) electrons. The normalized spacial score (nSPS) is 23.2. The fourth-order valence-corrected chi connectivity index (χ4v) is 3.04. The largest absolute Gasteiger partial charge is 0.387 e. The molecule has 0 bridgehead atoms. The molecule has 3 rings (SSSR count). The molecular weight excluding hydrogens is 289 g/mol. The number of halogens is 2. The standard InChI is InChI=1S/C17H17ClFNO/c18-12-7-5-11(6-8-12)15-9-10-16(20-15)17(21)13-3-1-2-4-14(13)19/h1-8,15-17,20-21H,9-10H2/t15-,16-,17-/m1/s1. The van der Waals surface area contributed by atoms with E-state index in [4.69, 9.17) is 11.6 Å². The Kier molecular flexibility index (Phi) is 4.24. The molecule has 1 fully saturated rings. The van der Waals surface area contributed by atoms with Crippen LogP contribution in [-0.4, -0.2) is 11.1 Å². The molecule has 1 saturated heterocycles. The van der Waals surface area contributed by atoms with Crippen LogP contribution in [0.4, 0.5) is 4.39 Å². The summed E-state index contributed by atoms with van der Waals surface area (Å²) in [6.45, 7) is 0. The average molecular weight is 306 g/mol. The molecule has 2 aromatic rings. The SMILES string of the molecule is O[C@H](c1ccccc1F)[C@H]1CC[C@H](c2ccc(Cl)cc2)N1. The van der Waals surface area contributed by atoms with Crippen molar-refractivity contribution in [2.24, 2.45) is 0 Å². The van der Waals surface area contributed by atoms with Crippen molar-refractivity contribution in [2.75, 3.05) is 0 Å². The van der Waals surface area contributed by atoms with E-state index in [-0.39, 0.29) is 17.9 Å². The monoisotopic (exact) mass is 305 g/mol. The highest BCUT2D eigenvalue weighted by molar-refractivity contribution is 6.30. The molecule has 0 aliphatic carbocycles. The zero-order valence-electron chi connectivity index (χ0n) is 11.5. The van der Waals surface area contributed by atoms with Gasteiger partial charge in [0, 0.05) is 22.7 Å². The maximum Gasteiger partial charge on any atom is 0.129 e. The van der Waals surface area contributed by atoms with Gasteiger partial charge in [-0.05, 0) is 36.6 Å². The second kappa shape index (κ2) is 6.14. The van der Waals surface area contributed by atoms with Crippen LogP contribution in [0.15, 0.2) is 48.5 Å². The lowest BCUT2D eigenvalue weighted by atomic mass is 10.0. The van der Waals surface area contributed by atoms with E-state index in [9.17, 15) is 9.50 Å². The maximum atomic E-state index is 13.8. The predicted molar refractivity (Wildman–Crippen MR) is 81.7 cm³/mol. The first kappa shape index (κ1) is 14.5. The summed E-state index contributed by atoms with van der Waals surface area (Å²) in [6.07, 6.45) is 0.893. The highest BCUT2D eigenvalue weighted by Crippen LogP contribution is 2.33. The van der Waals surface area contributed by atoms with Crippen LogP contribution in [0.2, 0.25) is 5.02 Å². The van der Waals surface area contributed by atoms with Crippen LogP contribution < -0.4 is 5.32 Å². The zero-order valence-corrected chi connectivity index (χ0v) is 12.2. The van der Waals surface area contributed by atoms with Crippen molar-refractivity contribution in [3.63, 3.8) is 0 Å². The summed E-state index contributed by atoms with van der Waals surface area (Å²) in [4.78, 5) is 0. The number of hydrogen-bond acceptors (Lipinski definition) is 2. The molecule has 110 valence electrons. The molecule has 2 N–H and O–H groups in total. The van der Waals surface area contributed by atoms with E-state index in [0.717, 1.165) is 18.4 Å². The fraction of sp³-hybridized carbons (Fsp3) is 0.294. The molecule has 0 amide bonds. The quantitative estimate of drug-likeness (QED) is 0.898. The number of hydrogen-bond donors (Lipinski definition) is 2. The number of aliphatic hydroxyl groups excluding tert-OH is 1. The molecule has 1 aliphatic heterocycles. The Morgan fingerprint density at radius 2 is 1.81 bits per heavy atom. The average Bonchev–Trinajstić information content (AvgIpc) is 2.98. The Morgan fingerprint density at radius 3 is 2.52 bits per heavy atom. The molecule has 2 aromatic carbocycles. The minimum Gasteiger partial charge on any atom is -0.387 e. The van der Waals surface area contributed by atoms with Crippen LogP contribution >= 0.6 is 11.6 Å². The summed E-state index contributed by atoms with van der Waals surface area (Å²) in [5, 5.41) is 14.5. The van der Waals surface area contributed by atoms with Gasteiger partial charge in [0.05, 0.1) is 6.10 Å². The van der Waals surface area contributed by atoms with E-state index >= 15 is 0 Å². The van der Waals surface area contributed by atoms with E-state index in [2.05, 4.69) is 5.32 Å². The molecule has 2 nitrogen and oxygen atoms in total.